The second kappa shape index (κ2) is 7.20. The van der Waals surface area contributed by atoms with E-state index in [0.29, 0.717) is 24.8 Å². The topological polar surface area (TPSA) is 66.0 Å². The van der Waals surface area contributed by atoms with E-state index in [1.165, 1.54) is 0 Å². The zero-order chi connectivity index (χ0) is 18.8. The smallest absolute Gasteiger partial charge is 0.270 e. The molecule has 3 aromatic rings. The Balaban J connectivity index is 0.000000547. The van der Waals surface area contributed by atoms with Crippen LogP contribution in [0.15, 0.2) is 36.5 Å². The van der Waals surface area contributed by atoms with Gasteiger partial charge in [0.05, 0.1) is 37.1 Å². The molecule has 1 amide bonds. The molecule has 2 aromatic heterocycles. The van der Waals surface area contributed by atoms with Gasteiger partial charge in [0.25, 0.3) is 5.91 Å². The van der Waals surface area contributed by atoms with Crippen molar-refractivity contribution in [1.29, 1.82) is 0 Å². The lowest BCUT2D eigenvalue weighted by Gasteiger charge is -2.28. The summed E-state index contributed by atoms with van der Waals surface area (Å²) in [6.45, 7) is 6.16. The highest BCUT2D eigenvalue weighted by molar-refractivity contribution is 5.98. The second-order valence-corrected chi connectivity index (χ2v) is 7.05. The molecular weight excluding hydrogens is 338 g/mol. The molecule has 0 saturated heterocycles. The fraction of sp³-hybridized carbons (Fsp3) is 0.333. The van der Waals surface area contributed by atoms with Crippen LogP contribution in [0.1, 0.15) is 36.5 Å². The molecule has 138 valence electrons. The van der Waals surface area contributed by atoms with Crippen molar-refractivity contribution in [1.82, 2.24) is 19.7 Å². The monoisotopic (exact) mass is 361 g/mol. The van der Waals surface area contributed by atoms with Crippen LogP contribution in [0.4, 0.5) is 5.69 Å². The molecule has 1 aliphatic carbocycles. The first-order chi connectivity index (χ1) is 13.1. The predicted octanol–water partition coefficient (Wildman–Crippen LogP) is 3.23. The van der Waals surface area contributed by atoms with E-state index in [-0.39, 0.29) is 5.91 Å². The van der Waals surface area contributed by atoms with Crippen molar-refractivity contribution in [2.24, 2.45) is 0 Å². The minimum Gasteiger partial charge on any atom is -0.380 e. The SMILES string of the molecule is C1#CC1.CC(C)Nc1cnn2c1CN(C(=O)c1cc3ccccc3[nH]1)CC2. The van der Waals surface area contributed by atoms with Crippen molar-refractivity contribution in [3.8, 4) is 11.8 Å². The number of nitrogens with one attached hydrogen (secondary N) is 2. The molecule has 0 atom stereocenters. The van der Waals surface area contributed by atoms with Crippen LogP contribution in [-0.2, 0) is 13.1 Å². The van der Waals surface area contributed by atoms with Gasteiger partial charge >= 0.3 is 0 Å². The summed E-state index contributed by atoms with van der Waals surface area (Å²) >= 11 is 0. The number of H-pyrrole nitrogens is 1. The van der Waals surface area contributed by atoms with Crippen LogP contribution >= 0.6 is 0 Å². The third kappa shape index (κ3) is 3.82. The van der Waals surface area contributed by atoms with Gasteiger partial charge in [0.2, 0.25) is 0 Å². The minimum absolute atomic E-state index is 0.0362. The predicted molar refractivity (Wildman–Crippen MR) is 106 cm³/mol. The maximum atomic E-state index is 12.9. The number of carbonyl (C=O) groups excluding carboxylic acids is 1. The van der Waals surface area contributed by atoms with E-state index in [0.717, 1.165) is 35.2 Å². The molecule has 0 saturated carbocycles. The number of rotatable bonds is 3. The molecule has 2 N–H and O–H groups in total. The van der Waals surface area contributed by atoms with Gasteiger partial charge in [-0.15, -0.1) is 0 Å². The molecule has 2 aliphatic rings. The molecular formula is C21H23N5O. The quantitative estimate of drug-likeness (QED) is 0.704. The third-order valence-corrected chi connectivity index (χ3v) is 4.54. The first-order valence-corrected chi connectivity index (χ1v) is 9.26. The second-order valence-electron chi connectivity index (χ2n) is 7.05. The Morgan fingerprint density at radius 1 is 1.26 bits per heavy atom. The maximum Gasteiger partial charge on any atom is 0.270 e. The Morgan fingerprint density at radius 2 is 2.04 bits per heavy atom. The van der Waals surface area contributed by atoms with Crippen molar-refractivity contribution >= 4 is 22.5 Å². The van der Waals surface area contributed by atoms with Crippen molar-refractivity contribution in [3.63, 3.8) is 0 Å². The number of nitrogens with zero attached hydrogens (tertiary/aromatic N) is 3. The molecule has 6 nitrogen and oxygen atoms in total. The van der Waals surface area contributed by atoms with Gasteiger partial charge in [-0.05, 0) is 26.0 Å². The summed E-state index contributed by atoms with van der Waals surface area (Å²) in [5, 5.41) is 8.88. The van der Waals surface area contributed by atoms with Crippen molar-refractivity contribution in [2.45, 2.75) is 39.4 Å². The van der Waals surface area contributed by atoms with Gasteiger partial charge in [-0.2, -0.15) is 5.10 Å². The molecule has 3 heterocycles. The van der Waals surface area contributed by atoms with Gasteiger partial charge in [-0.1, -0.05) is 30.0 Å². The van der Waals surface area contributed by atoms with E-state index < -0.39 is 0 Å². The van der Waals surface area contributed by atoms with Gasteiger partial charge in [-0.3, -0.25) is 9.48 Å². The number of hydrogen-bond acceptors (Lipinski definition) is 3. The van der Waals surface area contributed by atoms with Gasteiger partial charge in [0, 0.05) is 23.5 Å². The molecule has 5 rings (SSSR count). The van der Waals surface area contributed by atoms with Crippen LogP contribution < -0.4 is 5.32 Å². The number of para-hydroxylation sites is 1. The van der Waals surface area contributed by atoms with E-state index in [1.807, 2.05) is 46.1 Å². The van der Waals surface area contributed by atoms with Crippen LogP contribution in [0.3, 0.4) is 0 Å². The van der Waals surface area contributed by atoms with E-state index in [1.54, 1.807) is 0 Å². The van der Waals surface area contributed by atoms with Crippen LogP contribution in [0.25, 0.3) is 10.9 Å². The fourth-order valence-corrected chi connectivity index (χ4v) is 3.21. The van der Waals surface area contributed by atoms with E-state index in [2.05, 4.69) is 41.1 Å². The number of benzene rings is 1. The summed E-state index contributed by atoms with van der Waals surface area (Å²) in [6, 6.07) is 10.2. The largest absolute Gasteiger partial charge is 0.380 e. The van der Waals surface area contributed by atoms with Gasteiger partial charge in [-0.25, -0.2) is 0 Å². The molecule has 0 radical (unpaired) electrons. The molecule has 6 heteroatoms. The highest BCUT2D eigenvalue weighted by atomic mass is 16.2. The number of aromatic amines is 1. The van der Waals surface area contributed by atoms with Crippen LogP contribution in [0.2, 0.25) is 0 Å². The van der Waals surface area contributed by atoms with Gasteiger partial charge in [0.15, 0.2) is 0 Å². The number of amides is 1. The maximum absolute atomic E-state index is 12.9. The Kier molecular flexibility index (Phi) is 4.59. The highest BCUT2D eigenvalue weighted by Gasteiger charge is 2.25. The Labute approximate surface area is 158 Å². The minimum atomic E-state index is 0.0362. The lowest BCUT2D eigenvalue weighted by Crippen LogP contribution is -2.38. The first-order valence-electron chi connectivity index (χ1n) is 9.26. The standard InChI is InChI=1S/C18H21N5O.C3H2/c1-12(2)20-16-10-19-23-8-7-22(11-17(16)23)18(24)15-9-13-5-3-4-6-14(13)21-15;1-2-3-1/h3-6,9-10,12,20-21H,7-8,11H2,1-2H3;1H2. The molecule has 0 bridgehead atoms. The molecule has 0 fully saturated rings. The summed E-state index contributed by atoms with van der Waals surface area (Å²) in [6.07, 6.45) is 2.85. The number of hydrogen-bond donors (Lipinski definition) is 2. The molecule has 1 aromatic carbocycles. The zero-order valence-electron chi connectivity index (χ0n) is 15.6. The fourth-order valence-electron chi connectivity index (χ4n) is 3.21. The van der Waals surface area contributed by atoms with E-state index in [4.69, 9.17) is 0 Å². The summed E-state index contributed by atoms with van der Waals surface area (Å²) in [7, 11) is 0. The summed E-state index contributed by atoms with van der Waals surface area (Å²) in [4.78, 5) is 18.0. The third-order valence-electron chi connectivity index (χ3n) is 4.54. The number of fused-ring (bicyclic) bond motifs is 2. The Hall–Kier alpha value is -3.20. The lowest BCUT2D eigenvalue weighted by atomic mass is 10.2. The molecule has 1 aliphatic heterocycles. The Bertz CT molecular complexity index is 995. The molecule has 27 heavy (non-hydrogen) atoms. The summed E-state index contributed by atoms with van der Waals surface area (Å²) in [5.74, 6) is 5.54. The van der Waals surface area contributed by atoms with Gasteiger partial charge in [0.1, 0.15) is 5.69 Å². The average Bonchev–Trinajstić information content (AvgIpc) is 3.41. The van der Waals surface area contributed by atoms with Crippen molar-refractivity contribution < 1.29 is 4.79 Å². The number of anilines is 1. The van der Waals surface area contributed by atoms with Crippen LogP contribution in [0, 0.1) is 11.8 Å². The highest BCUT2D eigenvalue weighted by Crippen LogP contribution is 2.24. The lowest BCUT2D eigenvalue weighted by molar-refractivity contribution is 0.0701. The van der Waals surface area contributed by atoms with Crippen molar-refractivity contribution in [2.75, 3.05) is 11.9 Å². The average molecular weight is 361 g/mol. The number of carbonyl (C=O) groups is 1. The van der Waals surface area contributed by atoms with Gasteiger partial charge < -0.3 is 15.2 Å². The summed E-state index contributed by atoms with van der Waals surface area (Å²) in [5.41, 5.74) is 3.71. The Morgan fingerprint density at radius 3 is 2.74 bits per heavy atom. The van der Waals surface area contributed by atoms with E-state index in [9.17, 15) is 4.79 Å². The van der Waals surface area contributed by atoms with Crippen LogP contribution in [-0.4, -0.2) is 38.2 Å². The first kappa shape index (κ1) is 17.2. The summed E-state index contributed by atoms with van der Waals surface area (Å²) < 4.78 is 1.99. The normalized spacial score (nSPS) is 14.1. The van der Waals surface area contributed by atoms with E-state index >= 15 is 0 Å². The number of aromatic nitrogens is 3. The molecule has 0 unspecified atom stereocenters. The zero-order valence-corrected chi connectivity index (χ0v) is 15.6. The van der Waals surface area contributed by atoms with Crippen LogP contribution in [0.5, 0.6) is 0 Å². The molecule has 0 spiro atoms. The van der Waals surface area contributed by atoms with Crippen molar-refractivity contribution in [3.05, 3.63) is 47.9 Å².